The summed E-state index contributed by atoms with van der Waals surface area (Å²) in [6.07, 6.45) is 1.44. The third-order valence-electron chi connectivity index (χ3n) is 4.20. The van der Waals surface area contributed by atoms with Crippen molar-refractivity contribution in [3.8, 4) is 5.75 Å². The first-order chi connectivity index (χ1) is 12.5. The molecule has 27 heavy (non-hydrogen) atoms. The lowest BCUT2D eigenvalue weighted by Gasteiger charge is -2.33. The molecular formula is C18H26F2IN3O3. The minimum absolute atomic E-state index is 0. The SMILES string of the molecule is CCOC(=O)C1CCN(C(=NC)NCc2cccc(OC(F)F)c2)CC1.I. The van der Waals surface area contributed by atoms with Crippen LogP contribution in [0.5, 0.6) is 5.75 Å². The number of guanidine groups is 1. The standard InChI is InChI=1S/C18H25F2N3O3.HI/c1-3-25-16(24)14-7-9-23(10-8-14)18(21-2)22-12-13-5-4-6-15(11-13)26-17(19)20;/h4-6,11,14,17H,3,7-10,12H2,1-2H3,(H,21,22);1H. The second kappa shape index (κ2) is 11.9. The lowest BCUT2D eigenvalue weighted by Crippen LogP contribution is -2.46. The summed E-state index contributed by atoms with van der Waals surface area (Å²) >= 11 is 0. The van der Waals surface area contributed by atoms with Gasteiger partial charge in [-0.2, -0.15) is 8.78 Å². The van der Waals surface area contributed by atoms with Crippen molar-refractivity contribution in [1.29, 1.82) is 0 Å². The predicted octanol–water partition coefficient (Wildman–Crippen LogP) is 3.26. The van der Waals surface area contributed by atoms with E-state index in [4.69, 9.17) is 4.74 Å². The third kappa shape index (κ3) is 7.47. The number of likely N-dealkylation sites (tertiary alicyclic amines) is 1. The summed E-state index contributed by atoms with van der Waals surface area (Å²) in [6, 6.07) is 6.55. The van der Waals surface area contributed by atoms with E-state index in [2.05, 4.69) is 19.9 Å². The van der Waals surface area contributed by atoms with E-state index in [1.54, 1.807) is 26.1 Å². The van der Waals surface area contributed by atoms with Gasteiger partial charge >= 0.3 is 12.6 Å². The molecule has 0 bridgehead atoms. The van der Waals surface area contributed by atoms with Crippen LogP contribution in [0.25, 0.3) is 0 Å². The molecule has 0 amide bonds. The normalized spacial score (nSPS) is 15.3. The highest BCUT2D eigenvalue weighted by molar-refractivity contribution is 14.0. The number of carbonyl (C=O) groups excluding carboxylic acids is 1. The van der Waals surface area contributed by atoms with Gasteiger partial charge in [0.05, 0.1) is 12.5 Å². The van der Waals surface area contributed by atoms with Crippen LogP contribution in [-0.4, -0.2) is 50.2 Å². The van der Waals surface area contributed by atoms with Crippen LogP contribution in [0.2, 0.25) is 0 Å². The first kappa shape index (κ1) is 23.4. The number of benzene rings is 1. The minimum atomic E-state index is -2.84. The Kier molecular flexibility index (Phi) is 10.3. The van der Waals surface area contributed by atoms with Crippen molar-refractivity contribution in [3.05, 3.63) is 29.8 Å². The molecule has 9 heteroatoms. The van der Waals surface area contributed by atoms with Gasteiger partial charge in [0.2, 0.25) is 0 Å². The minimum Gasteiger partial charge on any atom is -0.466 e. The van der Waals surface area contributed by atoms with Crippen molar-refractivity contribution in [1.82, 2.24) is 10.2 Å². The molecule has 1 aliphatic heterocycles. The summed E-state index contributed by atoms with van der Waals surface area (Å²) in [5, 5.41) is 3.22. The van der Waals surface area contributed by atoms with Crippen molar-refractivity contribution in [2.24, 2.45) is 10.9 Å². The van der Waals surface area contributed by atoms with E-state index in [9.17, 15) is 13.6 Å². The molecule has 2 rings (SSSR count). The fourth-order valence-corrected chi connectivity index (χ4v) is 2.93. The zero-order valence-electron chi connectivity index (χ0n) is 15.5. The zero-order valence-corrected chi connectivity index (χ0v) is 17.8. The van der Waals surface area contributed by atoms with Gasteiger partial charge in [0.25, 0.3) is 0 Å². The zero-order chi connectivity index (χ0) is 18.9. The van der Waals surface area contributed by atoms with Crippen molar-refractivity contribution in [3.63, 3.8) is 0 Å². The molecule has 152 valence electrons. The number of hydrogen-bond acceptors (Lipinski definition) is 4. The molecule has 1 aromatic rings. The second-order valence-electron chi connectivity index (χ2n) is 5.94. The quantitative estimate of drug-likeness (QED) is 0.283. The lowest BCUT2D eigenvalue weighted by molar-refractivity contribution is -0.149. The monoisotopic (exact) mass is 497 g/mol. The Morgan fingerprint density at radius 1 is 1.37 bits per heavy atom. The van der Waals surface area contributed by atoms with Crippen LogP contribution in [0.3, 0.4) is 0 Å². The lowest BCUT2D eigenvalue weighted by atomic mass is 9.97. The Morgan fingerprint density at radius 2 is 2.07 bits per heavy atom. The maximum Gasteiger partial charge on any atom is 0.387 e. The number of rotatable bonds is 6. The fraction of sp³-hybridized carbons (Fsp3) is 0.556. The molecule has 1 saturated heterocycles. The second-order valence-corrected chi connectivity index (χ2v) is 5.94. The molecule has 0 saturated carbocycles. The van der Waals surface area contributed by atoms with E-state index >= 15 is 0 Å². The molecule has 0 atom stereocenters. The molecule has 0 spiro atoms. The first-order valence-electron chi connectivity index (χ1n) is 8.69. The summed E-state index contributed by atoms with van der Waals surface area (Å²) in [5.41, 5.74) is 0.811. The summed E-state index contributed by atoms with van der Waals surface area (Å²) in [5.74, 6) is 0.649. The van der Waals surface area contributed by atoms with Crippen molar-refractivity contribution >= 4 is 35.9 Å². The van der Waals surface area contributed by atoms with Crippen LogP contribution in [0.1, 0.15) is 25.3 Å². The maximum absolute atomic E-state index is 12.3. The number of carbonyl (C=O) groups is 1. The smallest absolute Gasteiger partial charge is 0.387 e. The van der Waals surface area contributed by atoms with Crippen LogP contribution in [0, 0.1) is 5.92 Å². The number of ether oxygens (including phenoxy) is 2. The Hall–Kier alpha value is -1.65. The molecule has 0 unspecified atom stereocenters. The molecule has 6 nitrogen and oxygen atoms in total. The average Bonchev–Trinajstić information content (AvgIpc) is 2.63. The number of alkyl halides is 2. The summed E-state index contributed by atoms with van der Waals surface area (Å²) < 4.78 is 34.1. The van der Waals surface area contributed by atoms with Gasteiger partial charge in [-0.3, -0.25) is 9.79 Å². The highest BCUT2D eigenvalue weighted by Crippen LogP contribution is 2.19. The number of hydrogen-bond donors (Lipinski definition) is 1. The maximum atomic E-state index is 12.3. The van der Waals surface area contributed by atoms with Crippen molar-refractivity contribution in [2.45, 2.75) is 32.9 Å². The van der Waals surface area contributed by atoms with E-state index in [1.807, 2.05) is 6.07 Å². The van der Waals surface area contributed by atoms with E-state index in [-0.39, 0.29) is 41.6 Å². The van der Waals surface area contributed by atoms with Crippen LogP contribution in [-0.2, 0) is 16.1 Å². The van der Waals surface area contributed by atoms with Crippen molar-refractivity contribution < 1.29 is 23.0 Å². The van der Waals surface area contributed by atoms with E-state index in [0.717, 1.165) is 18.4 Å². The summed E-state index contributed by atoms with van der Waals surface area (Å²) in [7, 11) is 1.69. The van der Waals surface area contributed by atoms with Crippen LogP contribution >= 0.6 is 24.0 Å². The van der Waals surface area contributed by atoms with Crippen molar-refractivity contribution in [2.75, 3.05) is 26.7 Å². The highest BCUT2D eigenvalue weighted by atomic mass is 127. The predicted molar refractivity (Wildman–Crippen MR) is 110 cm³/mol. The molecule has 1 aromatic carbocycles. The molecule has 1 fully saturated rings. The third-order valence-corrected chi connectivity index (χ3v) is 4.20. The number of esters is 1. The molecule has 1 N–H and O–H groups in total. The fourth-order valence-electron chi connectivity index (χ4n) is 2.93. The van der Waals surface area contributed by atoms with Gasteiger partial charge in [-0.05, 0) is 37.5 Å². The number of nitrogens with zero attached hydrogens (tertiary/aromatic N) is 2. The summed E-state index contributed by atoms with van der Waals surface area (Å²) in [4.78, 5) is 18.2. The van der Waals surface area contributed by atoms with Gasteiger partial charge in [0, 0.05) is 26.7 Å². The number of halogens is 3. The molecule has 0 radical (unpaired) electrons. The average molecular weight is 497 g/mol. The Bertz CT molecular complexity index is 624. The van der Waals surface area contributed by atoms with E-state index in [1.165, 1.54) is 6.07 Å². The number of aliphatic imine (C=N–C) groups is 1. The first-order valence-corrected chi connectivity index (χ1v) is 8.69. The van der Waals surface area contributed by atoms with Crippen LogP contribution < -0.4 is 10.1 Å². The summed E-state index contributed by atoms with van der Waals surface area (Å²) in [6.45, 7) is 1.21. The van der Waals surface area contributed by atoms with E-state index in [0.29, 0.717) is 32.2 Å². The Balaban J connectivity index is 0.00000364. The highest BCUT2D eigenvalue weighted by Gasteiger charge is 2.27. The van der Waals surface area contributed by atoms with E-state index < -0.39 is 6.61 Å². The molecular weight excluding hydrogens is 471 g/mol. The molecule has 0 aromatic heterocycles. The van der Waals surface area contributed by atoms with Gasteiger partial charge in [0.15, 0.2) is 5.96 Å². The number of nitrogens with one attached hydrogen (secondary N) is 1. The Labute approximate surface area is 175 Å². The molecule has 1 aliphatic rings. The van der Waals surface area contributed by atoms with Gasteiger partial charge in [-0.1, -0.05) is 12.1 Å². The van der Waals surface area contributed by atoms with Gasteiger partial charge in [-0.15, -0.1) is 24.0 Å². The Morgan fingerprint density at radius 3 is 2.67 bits per heavy atom. The van der Waals surface area contributed by atoms with Gasteiger partial charge in [0.1, 0.15) is 5.75 Å². The number of piperidine rings is 1. The molecule has 1 heterocycles. The van der Waals surface area contributed by atoms with Gasteiger partial charge in [-0.25, -0.2) is 0 Å². The molecule has 0 aliphatic carbocycles. The van der Waals surface area contributed by atoms with Gasteiger partial charge < -0.3 is 19.7 Å². The van der Waals surface area contributed by atoms with Crippen LogP contribution in [0.4, 0.5) is 8.78 Å². The topological polar surface area (TPSA) is 63.2 Å². The van der Waals surface area contributed by atoms with Crippen LogP contribution in [0.15, 0.2) is 29.3 Å². The largest absolute Gasteiger partial charge is 0.466 e.